The number of fused-ring (bicyclic) bond motifs is 1. The topological polar surface area (TPSA) is 12.9 Å². The Hall–Kier alpha value is -0.730. The van der Waals surface area contributed by atoms with Gasteiger partial charge in [0.15, 0.2) is 0 Å². The second-order valence-electron chi connectivity index (χ2n) is 5.90. The Labute approximate surface area is 124 Å². The highest BCUT2D eigenvalue weighted by Crippen LogP contribution is 2.36. The molecule has 0 saturated heterocycles. The van der Waals surface area contributed by atoms with Crippen molar-refractivity contribution in [3.8, 4) is 0 Å². The molecule has 0 aliphatic heterocycles. The van der Waals surface area contributed by atoms with Crippen molar-refractivity contribution in [2.45, 2.75) is 32.6 Å². The van der Waals surface area contributed by atoms with Crippen molar-refractivity contribution in [1.29, 1.82) is 0 Å². The minimum Gasteiger partial charge on any atom is -0.256 e. The number of thioether (sulfide) groups is 1. The molecule has 1 heterocycles. The molecule has 19 heavy (non-hydrogen) atoms. The van der Waals surface area contributed by atoms with Gasteiger partial charge in [0.05, 0.1) is 5.52 Å². The summed E-state index contributed by atoms with van der Waals surface area (Å²) >= 11 is 7.92. The maximum absolute atomic E-state index is 6.02. The first-order valence-corrected chi connectivity index (χ1v) is 7.93. The van der Waals surface area contributed by atoms with Crippen LogP contribution < -0.4 is 0 Å². The first kappa shape index (κ1) is 14.7. The number of pyridine rings is 1. The monoisotopic (exact) mass is 293 g/mol. The Balaban J connectivity index is 2.26. The van der Waals surface area contributed by atoms with Gasteiger partial charge in [-0.2, -0.15) is 0 Å². The molecule has 0 bridgehead atoms. The predicted octanol–water partition coefficient (Wildman–Crippen LogP) is 5.66. The van der Waals surface area contributed by atoms with E-state index in [1.54, 1.807) is 0 Å². The smallest absolute Gasteiger partial charge is 0.0728 e. The lowest BCUT2D eigenvalue weighted by molar-refractivity contribution is 0.291. The van der Waals surface area contributed by atoms with Gasteiger partial charge >= 0.3 is 0 Å². The number of aromatic nitrogens is 1. The van der Waals surface area contributed by atoms with Crippen LogP contribution in [0.4, 0.5) is 0 Å². The molecule has 1 aromatic heterocycles. The number of hydrogen-bond acceptors (Lipinski definition) is 2. The minimum absolute atomic E-state index is 0.326. The van der Waals surface area contributed by atoms with Crippen molar-refractivity contribution in [2.75, 3.05) is 5.75 Å². The average Bonchev–Trinajstić information content (AvgIpc) is 2.35. The Morgan fingerprint density at radius 3 is 2.68 bits per heavy atom. The molecule has 0 aliphatic carbocycles. The average molecular weight is 294 g/mol. The Bertz CT molecular complexity index is 578. The maximum atomic E-state index is 6.02. The molecule has 1 nitrogen and oxygen atoms in total. The molecule has 0 unspecified atom stereocenters. The van der Waals surface area contributed by atoms with Crippen molar-refractivity contribution in [3.05, 3.63) is 35.5 Å². The van der Waals surface area contributed by atoms with E-state index in [4.69, 9.17) is 11.6 Å². The highest BCUT2D eigenvalue weighted by molar-refractivity contribution is 7.99. The summed E-state index contributed by atoms with van der Waals surface area (Å²) in [6.07, 6.45) is 1.86. The van der Waals surface area contributed by atoms with Crippen LogP contribution in [0.25, 0.3) is 10.9 Å². The molecular weight excluding hydrogens is 274 g/mol. The molecule has 3 heteroatoms. The van der Waals surface area contributed by atoms with Crippen molar-refractivity contribution >= 4 is 34.3 Å². The first-order valence-electron chi connectivity index (χ1n) is 6.57. The standard InChI is InChI=1S/C16H20ClNS/c1-11(2)16(3,4)10-19-15-7-8-18-14-9-12(17)5-6-13(14)15/h5-9,11H,10H2,1-4H3. The van der Waals surface area contributed by atoms with Crippen LogP contribution >= 0.6 is 23.4 Å². The second-order valence-corrected chi connectivity index (χ2v) is 7.36. The molecule has 0 atom stereocenters. The molecule has 0 saturated carbocycles. The van der Waals surface area contributed by atoms with Crippen molar-refractivity contribution in [1.82, 2.24) is 4.98 Å². The summed E-state index contributed by atoms with van der Waals surface area (Å²) in [6, 6.07) is 8.02. The molecular formula is C16H20ClNS. The van der Waals surface area contributed by atoms with Crippen molar-refractivity contribution < 1.29 is 0 Å². The van der Waals surface area contributed by atoms with Gasteiger partial charge in [-0.15, -0.1) is 11.8 Å². The number of nitrogens with zero attached hydrogens (tertiary/aromatic N) is 1. The number of rotatable bonds is 4. The van der Waals surface area contributed by atoms with Gasteiger partial charge in [-0.05, 0) is 29.5 Å². The third kappa shape index (κ3) is 3.43. The van der Waals surface area contributed by atoms with E-state index in [0.29, 0.717) is 11.3 Å². The number of hydrogen-bond donors (Lipinski definition) is 0. The summed E-state index contributed by atoms with van der Waals surface area (Å²) in [5, 5.41) is 1.93. The van der Waals surface area contributed by atoms with Crippen LogP contribution in [0.15, 0.2) is 35.4 Å². The zero-order valence-electron chi connectivity index (χ0n) is 11.9. The Morgan fingerprint density at radius 1 is 1.26 bits per heavy atom. The Morgan fingerprint density at radius 2 is 2.00 bits per heavy atom. The van der Waals surface area contributed by atoms with E-state index in [2.05, 4.69) is 44.8 Å². The summed E-state index contributed by atoms with van der Waals surface area (Å²) in [6.45, 7) is 9.21. The maximum Gasteiger partial charge on any atom is 0.0728 e. The lowest BCUT2D eigenvalue weighted by atomic mass is 9.83. The van der Waals surface area contributed by atoms with Crippen LogP contribution in [0, 0.1) is 11.3 Å². The van der Waals surface area contributed by atoms with Gasteiger partial charge in [0, 0.05) is 27.3 Å². The normalized spacial score (nSPS) is 12.3. The van der Waals surface area contributed by atoms with Gasteiger partial charge in [0.25, 0.3) is 0 Å². The first-order chi connectivity index (χ1) is 8.90. The van der Waals surface area contributed by atoms with E-state index in [1.165, 1.54) is 10.3 Å². The third-order valence-corrected chi connectivity index (χ3v) is 5.62. The van der Waals surface area contributed by atoms with Gasteiger partial charge in [0.1, 0.15) is 0 Å². The van der Waals surface area contributed by atoms with E-state index in [-0.39, 0.29) is 0 Å². The fraction of sp³-hybridized carbons (Fsp3) is 0.438. The SMILES string of the molecule is CC(C)C(C)(C)CSc1ccnc2cc(Cl)ccc12. The van der Waals surface area contributed by atoms with E-state index in [9.17, 15) is 0 Å². The highest BCUT2D eigenvalue weighted by atomic mass is 35.5. The molecule has 0 fully saturated rings. The molecule has 0 amide bonds. The zero-order chi connectivity index (χ0) is 14.0. The lowest BCUT2D eigenvalue weighted by Gasteiger charge is -2.28. The fourth-order valence-electron chi connectivity index (χ4n) is 1.65. The van der Waals surface area contributed by atoms with E-state index in [1.807, 2.05) is 30.1 Å². The number of benzene rings is 1. The molecule has 0 N–H and O–H groups in total. The molecule has 2 aromatic rings. The van der Waals surface area contributed by atoms with E-state index >= 15 is 0 Å². The van der Waals surface area contributed by atoms with Gasteiger partial charge in [0.2, 0.25) is 0 Å². The predicted molar refractivity (Wildman–Crippen MR) is 86.1 cm³/mol. The summed E-state index contributed by atoms with van der Waals surface area (Å²) < 4.78 is 0. The van der Waals surface area contributed by atoms with E-state index in [0.717, 1.165) is 16.3 Å². The summed E-state index contributed by atoms with van der Waals surface area (Å²) in [4.78, 5) is 5.67. The molecule has 102 valence electrons. The molecule has 0 aliphatic rings. The summed E-state index contributed by atoms with van der Waals surface area (Å²) in [7, 11) is 0. The van der Waals surface area contributed by atoms with Gasteiger partial charge in [-0.3, -0.25) is 4.98 Å². The van der Waals surface area contributed by atoms with Crippen molar-refractivity contribution in [3.63, 3.8) is 0 Å². The largest absolute Gasteiger partial charge is 0.256 e. The van der Waals surface area contributed by atoms with Crippen molar-refractivity contribution in [2.24, 2.45) is 11.3 Å². The van der Waals surface area contributed by atoms with Gasteiger partial charge in [-0.25, -0.2) is 0 Å². The second kappa shape index (κ2) is 5.72. The lowest BCUT2D eigenvalue weighted by Crippen LogP contribution is -2.21. The molecule has 1 aromatic carbocycles. The van der Waals surface area contributed by atoms with Crippen LogP contribution in [0.1, 0.15) is 27.7 Å². The highest BCUT2D eigenvalue weighted by Gasteiger charge is 2.22. The van der Waals surface area contributed by atoms with Crippen LogP contribution in [0.2, 0.25) is 5.02 Å². The summed E-state index contributed by atoms with van der Waals surface area (Å²) in [5.74, 6) is 1.77. The van der Waals surface area contributed by atoms with E-state index < -0.39 is 0 Å². The molecule has 2 rings (SSSR count). The van der Waals surface area contributed by atoms with Crippen LogP contribution in [-0.4, -0.2) is 10.7 Å². The Kier molecular flexibility index (Phi) is 4.42. The summed E-state index contributed by atoms with van der Waals surface area (Å²) in [5.41, 5.74) is 1.30. The fourth-order valence-corrected chi connectivity index (χ4v) is 3.16. The number of halogens is 1. The molecule has 0 spiro atoms. The van der Waals surface area contributed by atoms with Gasteiger partial charge < -0.3 is 0 Å². The van der Waals surface area contributed by atoms with Crippen LogP contribution in [-0.2, 0) is 0 Å². The quantitative estimate of drug-likeness (QED) is 0.674. The van der Waals surface area contributed by atoms with Crippen LogP contribution in [0.3, 0.4) is 0 Å². The zero-order valence-corrected chi connectivity index (χ0v) is 13.5. The third-order valence-electron chi connectivity index (χ3n) is 3.83. The van der Waals surface area contributed by atoms with Gasteiger partial charge in [-0.1, -0.05) is 45.4 Å². The molecule has 0 radical (unpaired) electrons. The minimum atomic E-state index is 0.326. The van der Waals surface area contributed by atoms with Crippen LogP contribution in [0.5, 0.6) is 0 Å².